The maximum atomic E-state index is 12.7. The van der Waals surface area contributed by atoms with Crippen LogP contribution in [0.15, 0.2) is 42.5 Å². The Bertz CT molecular complexity index is 858. The fraction of sp³-hybridized carbons (Fsp3) is 0.500. The molecule has 1 saturated heterocycles. The number of likely N-dealkylation sites (tertiary alicyclic amines) is 1. The minimum absolute atomic E-state index is 0.0233. The van der Waals surface area contributed by atoms with Crippen LogP contribution in [0, 0.1) is 18.8 Å². The van der Waals surface area contributed by atoms with Crippen molar-refractivity contribution in [1.82, 2.24) is 10.2 Å². The SMILES string of the molecule is Cc1ccc(C(=O)NC(CN2CCC(CCc3ccc(Cl)c(Cl)c3)CC2)C(C)C)cc1. The van der Waals surface area contributed by atoms with Crippen LogP contribution in [-0.2, 0) is 6.42 Å². The number of hydrogen-bond donors (Lipinski definition) is 1. The second-order valence-electron chi connectivity index (χ2n) is 9.22. The third-order valence-electron chi connectivity index (χ3n) is 6.42. The van der Waals surface area contributed by atoms with Gasteiger partial charge in [0.2, 0.25) is 0 Å². The van der Waals surface area contributed by atoms with E-state index in [9.17, 15) is 4.79 Å². The maximum Gasteiger partial charge on any atom is 0.251 e. The fourth-order valence-electron chi connectivity index (χ4n) is 4.18. The fourth-order valence-corrected chi connectivity index (χ4v) is 4.50. The molecule has 1 N–H and O–H groups in total. The number of aryl methyl sites for hydroxylation is 2. The van der Waals surface area contributed by atoms with Crippen LogP contribution in [0.4, 0.5) is 0 Å². The summed E-state index contributed by atoms with van der Waals surface area (Å²) in [6, 6.07) is 13.9. The molecule has 5 heteroatoms. The quantitative estimate of drug-likeness (QED) is 0.493. The van der Waals surface area contributed by atoms with Crippen molar-refractivity contribution in [3.63, 3.8) is 0 Å². The summed E-state index contributed by atoms with van der Waals surface area (Å²) in [5.74, 6) is 1.15. The summed E-state index contributed by atoms with van der Waals surface area (Å²) >= 11 is 12.2. The summed E-state index contributed by atoms with van der Waals surface area (Å²) in [5, 5.41) is 4.52. The van der Waals surface area contributed by atoms with Gasteiger partial charge >= 0.3 is 0 Å². The van der Waals surface area contributed by atoms with Crippen molar-refractivity contribution in [2.45, 2.75) is 52.5 Å². The minimum atomic E-state index is 0.0233. The Morgan fingerprint density at radius 1 is 1.06 bits per heavy atom. The van der Waals surface area contributed by atoms with E-state index in [2.05, 4.69) is 30.1 Å². The summed E-state index contributed by atoms with van der Waals surface area (Å²) in [4.78, 5) is 15.2. The average Bonchev–Trinajstić information content (AvgIpc) is 2.75. The van der Waals surface area contributed by atoms with Crippen LogP contribution in [0.3, 0.4) is 0 Å². The Labute approximate surface area is 197 Å². The first kappa shape index (κ1) is 24.1. The molecule has 0 spiro atoms. The highest BCUT2D eigenvalue weighted by atomic mass is 35.5. The van der Waals surface area contributed by atoms with Gasteiger partial charge < -0.3 is 10.2 Å². The van der Waals surface area contributed by atoms with Crippen molar-refractivity contribution in [3.8, 4) is 0 Å². The van der Waals surface area contributed by atoms with Gasteiger partial charge in [-0.2, -0.15) is 0 Å². The predicted octanol–water partition coefficient (Wildman–Crippen LogP) is 6.40. The Morgan fingerprint density at radius 3 is 2.35 bits per heavy atom. The van der Waals surface area contributed by atoms with Gasteiger partial charge in [0.1, 0.15) is 0 Å². The first-order valence-corrected chi connectivity index (χ1v) is 12.1. The number of hydrogen-bond acceptors (Lipinski definition) is 2. The number of rotatable bonds is 8. The Balaban J connectivity index is 1.45. The molecule has 31 heavy (non-hydrogen) atoms. The van der Waals surface area contributed by atoms with Crippen molar-refractivity contribution in [3.05, 3.63) is 69.2 Å². The average molecular weight is 461 g/mol. The second-order valence-corrected chi connectivity index (χ2v) is 10.0. The third kappa shape index (κ3) is 7.24. The van der Waals surface area contributed by atoms with E-state index >= 15 is 0 Å². The Hall–Kier alpha value is -1.55. The highest BCUT2D eigenvalue weighted by Crippen LogP contribution is 2.26. The van der Waals surface area contributed by atoms with E-state index in [0.717, 1.165) is 37.5 Å². The molecule has 1 amide bonds. The molecule has 0 bridgehead atoms. The molecule has 1 atom stereocenters. The lowest BCUT2D eigenvalue weighted by molar-refractivity contribution is 0.0892. The summed E-state index contributed by atoms with van der Waals surface area (Å²) in [7, 11) is 0. The zero-order valence-electron chi connectivity index (χ0n) is 18.8. The van der Waals surface area contributed by atoms with Crippen molar-refractivity contribution >= 4 is 29.1 Å². The van der Waals surface area contributed by atoms with Gasteiger partial charge in [0, 0.05) is 18.2 Å². The smallest absolute Gasteiger partial charge is 0.251 e. The molecule has 0 saturated carbocycles. The number of nitrogens with one attached hydrogen (secondary N) is 1. The lowest BCUT2D eigenvalue weighted by Crippen LogP contribution is -2.48. The monoisotopic (exact) mass is 460 g/mol. The highest BCUT2D eigenvalue weighted by Gasteiger charge is 2.24. The Morgan fingerprint density at radius 2 is 1.74 bits per heavy atom. The zero-order chi connectivity index (χ0) is 22.4. The largest absolute Gasteiger partial charge is 0.348 e. The number of nitrogens with zero attached hydrogens (tertiary/aromatic N) is 1. The third-order valence-corrected chi connectivity index (χ3v) is 7.16. The van der Waals surface area contributed by atoms with Crippen molar-refractivity contribution < 1.29 is 4.79 Å². The standard InChI is InChI=1S/C26H34Cl2N2O/c1-18(2)25(29-26(31)22-9-4-19(3)5-10-22)17-30-14-12-20(13-15-30)6-7-21-8-11-23(27)24(28)16-21/h4-5,8-11,16,18,20,25H,6-7,12-15,17H2,1-3H3,(H,29,31). The number of carbonyl (C=O) groups excluding carboxylic acids is 1. The molecular formula is C26H34Cl2N2O. The molecule has 0 aromatic heterocycles. The highest BCUT2D eigenvalue weighted by molar-refractivity contribution is 6.42. The topological polar surface area (TPSA) is 32.3 Å². The molecule has 1 unspecified atom stereocenters. The molecule has 3 nitrogen and oxygen atoms in total. The molecular weight excluding hydrogens is 427 g/mol. The van der Waals surface area contributed by atoms with Gasteiger partial charge in [0.25, 0.3) is 5.91 Å². The molecule has 2 aromatic rings. The van der Waals surface area contributed by atoms with Crippen LogP contribution in [0.1, 0.15) is 54.6 Å². The first-order chi connectivity index (χ1) is 14.8. The van der Waals surface area contributed by atoms with Crippen molar-refractivity contribution in [2.24, 2.45) is 11.8 Å². The van der Waals surface area contributed by atoms with E-state index in [1.54, 1.807) is 0 Å². The maximum absolute atomic E-state index is 12.7. The van der Waals surface area contributed by atoms with Crippen LogP contribution >= 0.6 is 23.2 Å². The molecule has 1 aliphatic rings. The van der Waals surface area contributed by atoms with Gasteiger partial charge in [-0.15, -0.1) is 0 Å². The number of amides is 1. The molecule has 1 fully saturated rings. The molecule has 1 aliphatic heterocycles. The van der Waals surface area contributed by atoms with E-state index in [1.807, 2.05) is 43.3 Å². The molecule has 0 radical (unpaired) electrons. The zero-order valence-corrected chi connectivity index (χ0v) is 20.3. The summed E-state index contributed by atoms with van der Waals surface area (Å²) in [6.45, 7) is 9.50. The molecule has 3 rings (SSSR count). The van der Waals surface area contributed by atoms with E-state index in [-0.39, 0.29) is 11.9 Å². The van der Waals surface area contributed by atoms with Gasteiger partial charge in [0.15, 0.2) is 0 Å². The normalized spacial score (nSPS) is 16.5. The molecule has 0 aliphatic carbocycles. The van der Waals surface area contributed by atoms with Crippen LogP contribution in [0.25, 0.3) is 0 Å². The van der Waals surface area contributed by atoms with Crippen LogP contribution in [-0.4, -0.2) is 36.5 Å². The van der Waals surface area contributed by atoms with Gasteiger partial charge in [-0.25, -0.2) is 0 Å². The van der Waals surface area contributed by atoms with Gasteiger partial charge in [0.05, 0.1) is 10.0 Å². The first-order valence-electron chi connectivity index (χ1n) is 11.4. The Kier molecular flexibility index (Phi) is 8.83. The molecule has 168 valence electrons. The number of piperidine rings is 1. The minimum Gasteiger partial charge on any atom is -0.348 e. The second kappa shape index (κ2) is 11.4. The van der Waals surface area contributed by atoms with Crippen LogP contribution in [0.2, 0.25) is 10.0 Å². The van der Waals surface area contributed by atoms with E-state index in [4.69, 9.17) is 23.2 Å². The van der Waals surface area contributed by atoms with E-state index < -0.39 is 0 Å². The van der Waals surface area contributed by atoms with Crippen LogP contribution < -0.4 is 5.32 Å². The molecule has 1 heterocycles. The number of benzene rings is 2. The summed E-state index contributed by atoms with van der Waals surface area (Å²) in [6.07, 6.45) is 4.64. The van der Waals surface area contributed by atoms with Crippen molar-refractivity contribution in [1.29, 1.82) is 0 Å². The van der Waals surface area contributed by atoms with E-state index in [0.29, 0.717) is 16.0 Å². The summed E-state index contributed by atoms with van der Waals surface area (Å²) < 4.78 is 0. The predicted molar refractivity (Wildman–Crippen MR) is 131 cm³/mol. The van der Waals surface area contributed by atoms with Gasteiger partial charge in [-0.3, -0.25) is 4.79 Å². The van der Waals surface area contributed by atoms with E-state index in [1.165, 1.54) is 30.4 Å². The van der Waals surface area contributed by atoms with Crippen molar-refractivity contribution in [2.75, 3.05) is 19.6 Å². The van der Waals surface area contributed by atoms with Crippen LogP contribution in [0.5, 0.6) is 0 Å². The summed E-state index contributed by atoms with van der Waals surface area (Å²) in [5.41, 5.74) is 3.16. The van der Waals surface area contributed by atoms with Gasteiger partial charge in [-0.1, -0.05) is 60.8 Å². The lowest BCUT2D eigenvalue weighted by Gasteiger charge is -2.35. The number of halogens is 2. The van der Waals surface area contributed by atoms with Gasteiger partial charge in [-0.05, 0) is 87.4 Å². The molecule has 2 aromatic carbocycles. The lowest BCUT2D eigenvalue weighted by atomic mass is 9.90. The number of carbonyl (C=O) groups is 1.